The van der Waals surface area contributed by atoms with Crippen LogP contribution in [0.25, 0.3) is 0 Å². The van der Waals surface area contributed by atoms with Gasteiger partial charge >= 0.3 is 6.09 Å². The van der Waals surface area contributed by atoms with Gasteiger partial charge in [0.15, 0.2) is 5.78 Å². The summed E-state index contributed by atoms with van der Waals surface area (Å²) in [5.41, 5.74) is 3.20. The van der Waals surface area contributed by atoms with Gasteiger partial charge in [0.05, 0.1) is 6.04 Å². The molecular formula is C38H43N2O6P. The lowest BCUT2D eigenvalue weighted by Crippen LogP contribution is -2.53. The fourth-order valence-electron chi connectivity index (χ4n) is 5.29. The summed E-state index contributed by atoms with van der Waals surface area (Å²) < 4.78 is 26.3. The standard InChI is InChI=1S/C38H43N2O6P/c1-27(2)23-33(40-38(43)45-25-31-19-9-6-10-20-31)37(42)39-32(24-30-17-7-5-8-18-30)34(41)26-46-47(44,35-21-13-11-15-28(35)3)36-22-14-12-16-29(36)4/h5-22,27,32-33H,23-26H2,1-4H3,(H,39,42)(H,40,43)/t32-,33-/m0/s1. The number of rotatable bonds is 15. The molecule has 0 saturated carbocycles. The molecule has 4 aromatic rings. The van der Waals surface area contributed by atoms with E-state index in [-0.39, 0.29) is 18.9 Å². The molecule has 2 amide bonds. The van der Waals surface area contributed by atoms with Gasteiger partial charge in [-0.15, -0.1) is 0 Å². The first-order valence-electron chi connectivity index (χ1n) is 15.8. The van der Waals surface area contributed by atoms with Crippen LogP contribution in [-0.2, 0) is 36.4 Å². The number of nitrogens with one attached hydrogen (secondary N) is 2. The molecule has 0 saturated heterocycles. The number of carbonyl (C=O) groups is 3. The monoisotopic (exact) mass is 654 g/mol. The first-order chi connectivity index (χ1) is 22.6. The van der Waals surface area contributed by atoms with Crippen molar-refractivity contribution >= 4 is 35.8 Å². The van der Waals surface area contributed by atoms with Gasteiger partial charge in [0.2, 0.25) is 5.91 Å². The van der Waals surface area contributed by atoms with Crippen LogP contribution < -0.4 is 21.2 Å². The number of Topliss-reactive ketones (excluding diaryl/α,β-unsaturated/α-hetero) is 1. The number of aryl methyl sites for hydroxylation is 2. The van der Waals surface area contributed by atoms with Crippen molar-refractivity contribution in [3.05, 3.63) is 131 Å². The number of hydrogen-bond acceptors (Lipinski definition) is 6. The van der Waals surface area contributed by atoms with E-state index >= 15 is 0 Å². The van der Waals surface area contributed by atoms with E-state index in [4.69, 9.17) is 9.26 Å². The van der Waals surface area contributed by atoms with E-state index in [1.165, 1.54) is 0 Å². The fourth-order valence-corrected chi connectivity index (χ4v) is 7.78. The predicted molar refractivity (Wildman–Crippen MR) is 185 cm³/mol. The molecule has 0 radical (unpaired) electrons. The molecule has 9 heteroatoms. The second-order valence-corrected chi connectivity index (χ2v) is 14.3. The Bertz CT molecular complexity index is 1640. The van der Waals surface area contributed by atoms with Gasteiger partial charge in [-0.05, 0) is 67.0 Å². The van der Waals surface area contributed by atoms with Crippen molar-refractivity contribution in [3.8, 4) is 0 Å². The second kappa shape index (κ2) is 16.9. The van der Waals surface area contributed by atoms with E-state index in [1.54, 1.807) is 24.3 Å². The average Bonchev–Trinajstić information content (AvgIpc) is 3.06. The molecule has 8 nitrogen and oxygen atoms in total. The van der Waals surface area contributed by atoms with Gasteiger partial charge in [-0.2, -0.15) is 0 Å². The van der Waals surface area contributed by atoms with Crippen molar-refractivity contribution < 1.29 is 28.2 Å². The topological polar surface area (TPSA) is 111 Å². The van der Waals surface area contributed by atoms with Crippen LogP contribution in [0.2, 0.25) is 0 Å². The number of alkyl carbamates (subject to hydrolysis) is 1. The van der Waals surface area contributed by atoms with Crippen LogP contribution in [0.15, 0.2) is 109 Å². The maximum atomic E-state index is 14.8. The molecule has 2 atom stereocenters. The summed E-state index contributed by atoms with van der Waals surface area (Å²) >= 11 is 0. The quantitative estimate of drug-likeness (QED) is 0.148. The van der Waals surface area contributed by atoms with Crippen molar-refractivity contribution in [2.75, 3.05) is 6.61 Å². The van der Waals surface area contributed by atoms with Crippen LogP contribution in [0.1, 0.15) is 42.5 Å². The van der Waals surface area contributed by atoms with Crippen LogP contribution in [0.3, 0.4) is 0 Å². The first-order valence-corrected chi connectivity index (χ1v) is 17.4. The number of benzene rings is 4. The number of carbonyl (C=O) groups excluding carboxylic acids is 3. The summed E-state index contributed by atoms with van der Waals surface area (Å²) in [5.74, 6) is -0.911. The van der Waals surface area contributed by atoms with Crippen LogP contribution in [0, 0.1) is 19.8 Å². The lowest BCUT2D eigenvalue weighted by molar-refractivity contribution is -0.130. The Morgan fingerprint density at radius 2 is 1.19 bits per heavy atom. The van der Waals surface area contributed by atoms with Crippen LogP contribution in [0.5, 0.6) is 0 Å². The maximum Gasteiger partial charge on any atom is 0.408 e. The third-order valence-electron chi connectivity index (χ3n) is 7.77. The minimum Gasteiger partial charge on any atom is -0.445 e. The predicted octanol–water partition coefficient (Wildman–Crippen LogP) is 6.19. The van der Waals surface area contributed by atoms with Crippen molar-refractivity contribution in [3.63, 3.8) is 0 Å². The lowest BCUT2D eigenvalue weighted by Gasteiger charge is -2.26. The zero-order valence-corrected chi connectivity index (χ0v) is 28.2. The zero-order valence-electron chi connectivity index (χ0n) is 27.3. The molecule has 0 bridgehead atoms. The van der Waals surface area contributed by atoms with Gasteiger partial charge in [-0.3, -0.25) is 14.2 Å². The van der Waals surface area contributed by atoms with Gasteiger partial charge in [-0.1, -0.05) is 111 Å². The summed E-state index contributed by atoms with van der Waals surface area (Å²) in [4.78, 5) is 40.3. The lowest BCUT2D eigenvalue weighted by atomic mass is 10.00. The van der Waals surface area contributed by atoms with E-state index in [1.807, 2.05) is 113 Å². The van der Waals surface area contributed by atoms with Crippen LogP contribution in [0.4, 0.5) is 4.79 Å². The van der Waals surface area contributed by atoms with Crippen molar-refractivity contribution in [1.82, 2.24) is 10.6 Å². The highest BCUT2D eigenvalue weighted by molar-refractivity contribution is 7.74. The molecule has 0 unspecified atom stereocenters. The zero-order chi connectivity index (χ0) is 33.8. The van der Waals surface area contributed by atoms with E-state index in [0.29, 0.717) is 17.0 Å². The van der Waals surface area contributed by atoms with Gasteiger partial charge in [-0.25, -0.2) is 4.79 Å². The number of ketones is 1. The maximum absolute atomic E-state index is 14.8. The molecule has 0 heterocycles. The SMILES string of the molecule is Cc1ccccc1P(=O)(OCC(=O)[C@H](Cc1ccccc1)NC(=O)[C@H](CC(C)C)NC(=O)OCc1ccccc1)c1ccccc1C. The van der Waals surface area contributed by atoms with E-state index in [2.05, 4.69) is 10.6 Å². The molecule has 0 aliphatic heterocycles. The Morgan fingerprint density at radius 3 is 1.72 bits per heavy atom. The number of ether oxygens (including phenoxy) is 1. The van der Waals surface area contributed by atoms with Gasteiger partial charge in [0.1, 0.15) is 19.3 Å². The highest BCUT2D eigenvalue weighted by atomic mass is 31.2. The molecule has 246 valence electrons. The van der Waals surface area contributed by atoms with Crippen molar-refractivity contribution in [2.24, 2.45) is 5.92 Å². The highest BCUT2D eigenvalue weighted by Crippen LogP contribution is 2.46. The Hall–Kier alpha value is -4.52. The summed E-state index contributed by atoms with van der Waals surface area (Å²) in [7, 11) is -3.71. The second-order valence-electron chi connectivity index (χ2n) is 12.0. The molecule has 0 spiro atoms. The van der Waals surface area contributed by atoms with Crippen molar-refractivity contribution in [2.45, 2.75) is 59.2 Å². The molecule has 4 rings (SSSR count). The van der Waals surface area contributed by atoms with Gasteiger partial charge in [0.25, 0.3) is 7.37 Å². The Morgan fingerprint density at radius 1 is 0.681 bits per heavy atom. The molecule has 4 aromatic carbocycles. The summed E-state index contributed by atoms with van der Waals surface area (Å²) in [5, 5.41) is 6.57. The Balaban J connectivity index is 1.55. The highest BCUT2D eigenvalue weighted by Gasteiger charge is 2.34. The summed E-state index contributed by atoms with van der Waals surface area (Å²) in [6, 6.07) is 31.1. The van der Waals surface area contributed by atoms with Crippen LogP contribution in [-0.4, -0.2) is 36.5 Å². The minimum atomic E-state index is -3.71. The Labute approximate surface area is 277 Å². The number of hydrogen-bond donors (Lipinski definition) is 2. The summed E-state index contributed by atoms with van der Waals surface area (Å²) in [6.45, 7) is 7.14. The molecular weight excluding hydrogens is 611 g/mol. The first kappa shape index (κ1) is 35.3. The third-order valence-corrected chi connectivity index (χ3v) is 10.5. The summed E-state index contributed by atoms with van der Waals surface area (Å²) in [6.07, 6.45) is -0.229. The van der Waals surface area contributed by atoms with E-state index in [0.717, 1.165) is 22.3 Å². The van der Waals surface area contributed by atoms with E-state index < -0.39 is 43.8 Å². The minimum absolute atomic E-state index is 0.0526. The Kier molecular flexibility index (Phi) is 12.7. The normalized spacial score (nSPS) is 12.6. The molecule has 0 aliphatic rings. The average molecular weight is 655 g/mol. The van der Waals surface area contributed by atoms with Crippen molar-refractivity contribution in [1.29, 1.82) is 0 Å². The molecule has 2 N–H and O–H groups in total. The molecule has 0 aliphatic carbocycles. The fraction of sp³-hybridized carbons (Fsp3) is 0.289. The van der Waals surface area contributed by atoms with Crippen LogP contribution >= 0.6 is 7.37 Å². The molecule has 47 heavy (non-hydrogen) atoms. The van der Waals surface area contributed by atoms with Gasteiger partial charge < -0.3 is 19.9 Å². The van der Waals surface area contributed by atoms with E-state index in [9.17, 15) is 18.9 Å². The largest absolute Gasteiger partial charge is 0.445 e. The molecule has 0 aromatic heterocycles. The third kappa shape index (κ3) is 9.98. The van der Waals surface area contributed by atoms with Gasteiger partial charge in [0, 0.05) is 10.6 Å². The molecule has 0 fully saturated rings. The smallest absolute Gasteiger partial charge is 0.408 e. The number of amides is 2.